The van der Waals surface area contributed by atoms with Crippen molar-refractivity contribution < 1.29 is 9.53 Å². The monoisotopic (exact) mass is 336 g/mol. The van der Waals surface area contributed by atoms with E-state index in [0.29, 0.717) is 19.5 Å². The normalized spacial score (nSPS) is 26.0. The minimum absolute atomic E-state index is 0.0271. The van der Waals surface area contributed by atoms with Crippen LogP contribution in [0.15, 0.2) is 54.6 Å². The number of amides is 1. The van der Waals surface area contributed by atoms with Gasteiger partial charge in [-0.15, -0.1) is 0 Å². The number of likely N-dealkylation sites (tertiary alicyclic amines) is 1. The van der Waals surface area contributed by atoms with Gasteiger partial charge in [0.05, 0.1) is 0 Å². The van der Waals surface area contributed by atoms with Crippen LogP contribution in [0.3, 0.4) is 0 Å². The van der Waals surface area contributed by atoms with Gasteiger partial charge >= 0.3 is 0 Å². The van der Waals surface area contributed by atoms with Crippen molar-refractivity contribution >= 4 is 5.91 Å². The lowest BCUT2D eigenvalue weighted by atomic mass is 9.82. The molecule has 25 heavy (non-hydrogen) atoms. The number of carbonyl (C=O) groups excluding carboxylic acids is 1. The van der Waals surface area contributed by atoms with Gasteiger partial charge in [0.1, 0.15) is 11.4 Å². The Bertz CT molecular complexity index is 762. The third-order valence-electron chi connectivity index (χ3n) is 5.44. The van der Waals surface area contributed by atoms with E-state index in [1.54, 1.807) is 0 Å². The van der Waals surface area contributed by atoms with Crippen LogP contribution >= 0.6 is 0 Å². The van der Waals surface area contributed by atoms with Crippen molar-refractivity contribution in [1.29, 1.82) is 0 Å². The molecular weight excluding hydrogens is 312 g/mol. The minimum Gasteiger partial charge on any atom is -0.487 e. The van der Waals surface area contributed by atoms with Crippen molar-refractivity contribution in [3.8, 4) is 5.75 Å². The van der Waals surface area contributed by atoms with Crippen LogP contribution in [-0.4, -0.2) is 23.0 Å². The van der Waals surface area contributed by atoms with E-state index >= 15 is 0 Å². The van der Waals surface area contributed by atoms with Crippen LogP contribution in [-0.2, 0) is 11.3 Å². The Kier molecular flexibility index (Phi) is 4.22. The van der Waals surface area contributed by atoms with E-state index in [1.807, 2.05) is 47.4 Å². The van der Waals surface area contributed by atoms with Gasteiger partial charge in [-0.1, -0.05) is 48.5 Å². The molecule has 4 rings (SSSR count). The second-order valence-corrected chi connectivity index (χ2v) is 7.18. The predicted molar refractivity (Wildman–Crippen MR) is 97.1 cm³/mol. The number of hydrogen-bond acceptors (Lipinski definition) is 3. The first-order chi connectivity index (χ1) is 12.2. The third kappa shape index (κ3) is 3.27. The average molecular weight is 336 g/mol. The Morgan fingerprint density at radius 3 is 2.68 bits per heavy atom. The van der Waals surface area contributed by atoms with Crippen molar-refractivity contribution in [3.63, 3.8) is 0 Å². The van der Waals surface area contributed by atoms with Crippen LogP contribution in [0.4, 0.5) is 0 Å². The summed E-state index contributed by atoms with van der Waals surface area (Å²) < 4.78 is 6.40. The van der Waals surface area contributed by atoms with Gasteiger partial charge in [0.25, 0.3) is 0 Å². The van der Waals surface area contributed by atoms with E-state index in [0.717, 1.165) is 30.6 Å². The first-order valence-electron chi connectivity index (χ1n) is 9.00. The molecule has 4 nitrogen and oxygen atoms in total. The van der Waals surface area contributed by atoms with Gasteiger partial charge in [-0.05, 0) is 18.1 Å². The maximum Gasteiger partial charge on any atom is 0.223 e. The Hall–Kier alpha value is -2.33. The van der Waals surface area contributed by atoms with E-state index in [9.17, 15) is 4.79 Å². The Morgan fingerprint density at radius 1 is 1.08 bits per heavy atom. The molecule has 1 spiro atoms. The minimum atomic E-state index is -0.325. The molecule has 0 radical (unpaired) electrons. The number of fused-ring (bicyclic) bond motifs is 1. The molecule has 0 aliphatic carbocycles. The maximum atomic E-state index is 12.6. The summed E-state index contributed by atoms with van der Waals surface area (Å²) >= 11 is 0. The van der Waals surface area contributed by atoms with Crippen molar-refractivity contribution in [1.82, 2.24) is 4.90 Å². The standard InChI is InChI=1S/C21H24N2O2/c22-18-14-21(25-19-9-5-4-8-17(18)19)11-10-20(24)23(13-12-21)15-16-6-2-1-3-7-16/h1-9,18H,10-15,22H2/t18-,21+/m0/s1. The number of hydrogen-bond donors (Lipinski definition) is 1. The predicted octanol–water partition coefficient (Wildman–Crippen LogP) is 3.42. The molecule has 2 atom stereocenters. The molecule has 2 aliphatic heterocycles. The lowest BCUT2D eigenvalue weighted by Gasteiger charge is -2.40. The molecule has 2 N–H and O–H groups in total. The van der Waals surface area contributed by atoms with Crippen molar-refractivity contribution in [2.24, 2.45) is 5.73 Å². The van der Waals surface area contributed by atoms with Gasteiger partial charge in [-0.3, -0.25) is 4.79 Å². The molecule has 2 aromatic carbocycles. The summed E-state index contributed by atoms with van der Waals surface area (Å²) in [7, 11) is 0. The number of benzene rings is 2. The molecule has 2 aliphatic rings. The highest BCUT2D eigenvalue weighted by atomic mass is 16.5. The van der Waals surface area contributed by atoms with Gasteiger partial charge in [-0.2, -0.15) is 0 Å². The van der Waals surface area contributed by atoms with Gasteiger partial charge < -0.3 is 15.4 Å². The number of nitrogens with two attached hydrogens (primary N) is 1. The van der Waals surface area contributed by atoms with Crippen LogP contribution in [0, 0.1) is 0 Å². The molecule has 0 bridgehead atoms. The van der Waals surface area contributed by atoms with Crippen LogP contribution in [0.25, 0.3) is 0 Å². The largest absolute Gasteiger partial charge is 0.487 e. The molecule has 1 saturated heterocycles. The molecule has 0 aromatic heterocycles. The number of para-hydroxylation sites is 1. The van der Waals surface area contributed by atoms with Crippen molar-refractivity contribution in [2.75, 3.05) is 6.54 Å². The summed E-state index contributed by atoms with van der Waals surface area (Å²) in [5.41, 5.74) is 8.33. The van der Waals surface area contributed by atoms with E-state index in [4.69, 9.17) is 10.5 Å². The fraction of sp³-hybridized carbons (Fsp3) is 0.381. The van der Waals surface area contributed by atoms with Gasteiger partial charge in [0.15, 0.2) is 0 Å². The highest BCUT2D eigenvalue weighted by Crippen LogP contribution is 2.43. The first kappa shape index (κ1) is 16.2. The summed E-state index contributed by atoms with van der Waals surface area (Å²) in [6.45, 7) is 1.38. The lowest BCUT2D eigenvalue weighted by Crippen LogP contribution is -2.43. The van der Waals surface area contributed by atoms with E-state index in [2.05, 4.69) is 12.1 Å². The fourth-order valence-corrected chi connectivity index (χ4v) is 4.02. The zero-order valence-electron chi connectivity index (χ0n) is 14.4. The van der Waals surface area contributed by atoms with Gasteiger partial charge in [-0.25, -0.2) is 0 Å². The Balaban J connectivity index is 1.52. The topological polar surface area (TPSA) is 55.6 Å². The van der Waals surface area contributed by atoms with Gasteiger partial charge in [0, 0.05) is 44.0 Å². The van der Waals surface area contributed by atoms with E-state index in [-0.39, 0.29) is 17.6 Å². The van der Waals surface area contributed by atoms with Crippen molar-refractivity contribution in [2.45, 2.75) is 43.9 Å². The Labute approximate surface area is 148 Å². The second-order valence-electron chi connectivity index (χ2n) is 7.18. The summed E-state index contributed by atoms with van der Waals surface area (Å²) in [5.74, 6) is 1.09. The lowest BCUT2D eigenvalue weighted by molar-refractivity contribution is -0.131. The van der Waals surface area contributed by atoms with Crippen molar-refractivity contribution in [3.05, 3.63) is 65.7 Å². The summed E-state index contributed by atoms with van der Waals surface area (Å²) in [6, 6.07) is 18.1. The van der Waals surface area contributed by atoms with E-state index in [1.165, 1.54) is 5.56 Å². The average Bonchev–Trinajstić information content (AvgIpc) is 2.77. The SMILES string of the molecule is N[C@H]1C[C@]2(CCC(=O)N(Cc3ccccc3)CC2)Oc2ccccc21. The molecule has 0 unspecified atom stereocenters. The highest BCUT2D eigenvalue weighted by Gasteiger charge is 2.42. The quantitative estimate of drug-likeness (QED) is 0.914. The van der Waals surface area contributed by atoms with Crippen LogP contribution in [0.1, 0.15) is 42.9 Å². The number of rotatable bonds is 2. The molecule has 130 valence electrons. The molecule has 0 saturated carbocycles. The Morgan fingerprint density at radius 2 is 1.84 bits per heavy atom. The number of carbonyl (C=O) groups is 1. The van der Waals surface area contributed by atoms with E-state index < -0.39 is 0 Å². The summed E-state index contributed by atoms with van der Waals surface area (Å²) in [4.78, 5) is 14.6. The zero-order valence-corrected chi connectivity index (χ0v) is 14.4. The summed E-state index contributed by atoms with van der Waals surface area (Å²) in [6.07, 6.45) is 2.85. The zero-order chi connectivity index (χ0) is 17.3. The summed E-state index contributed by atoms with van der Waals surface area (Å²) in [5, 5.41) is 0. The molecule has 1 amide bonds. The molecule has 4 heteroatoms. The number of nitrogens with zero attached hydrogens (tertiary/aromatic N) is 1. The maximum absolute atomic E-state index is 12.6. The van der Waals surface area contributed by atoms with Crippen LogP contribution in [0.5, 0.6) is 5.75 Å². The first-order valence-corrected chi connectivity index (χ1v) is 9.00. The van der Waals surface area contributed by atoms with Gasteiger partial charge in [0.2, 0.25) is 5.91 Å². The second kappa shape index (κ2) is 6.52. The highest BCUT2D eigenvalue weighted by molar-refractivity contribution is 5.76. The molecule has 1 fully saturated rings. The molecular formula is C21H24N2O2. The fourth-order valence-electron chi connectivity index (χ4n) is 4.02. The van der Waals surface area contributed by atoms with Crippen LogP contribution in [0.2, 0.25) is 0 Å². The molecule has 2 aromatic rings. The van der Waals surface area contributed by atoms with Crippen LogP contribution < -0.4 is 10.5 Å². The third-order valence-corrected chi connectivity index (χ3v) is 5.44. The molecule has 2 heterocycles. The number of ether oxygens (including phenoxy) is 1. The smallest absolute Gasteiger partial charge is 0.223 e.